The van der Waals surface area contributed by atoms with Crippen LogP contribution in [0.4, 0.5) is 0 Å². The highest BCUT2D eigenvalue weighted by molar-refractivity contribution is 9.09. The second-order valence-corrected chi connectivity index (χ2v) is 5.10. The van der Waals surface area contributed by atoms with Crippen LogP contribution in [0.15, 0.2) is 43.0 Å². The Hall–Kier alpha value is -1.37. The summed E-state index contributed by atoms with van der Waals surface area (Å²) in [7, 11) is 0. The van der Waals surface area contributed by atoms with Gasteiger partial charge in [0.15, 0.2) is 6.29 Å². The molecule has 1 aromatic carbocycles. The third-order valence-corrected chi connectivity index (χ3v) is 3.73. The molecule has 1 saturated heterocycles. The van der Waals surface area contributed by atoms with Crippen LogP contribution >= 0.6 is 15.9 Å². The summed E-state index contributed by atoms with van der Waals surface area (Å²) in [5, 5.41) is 0.781. The highest BCUT2D eigenvalue weighted by Gasteiger charge is 2.25. The molecule has 2 atom stereocenters. The van der Waals surface area contributed by atoms with Crippen molar-refractivity contribution >= 4 is 15.9 Å². The molecule has 0 saturated carbocycles. The molecule has 1 aromatic heterocycles. The van der Waals surface area contributed by atoms with E-state index in [9.17, 15) is 0 Å². The van der Waals surface area contributed by atoms with Gasteiger partial charge in [0.05, 0.1) is 19.0 Å². The van der Waals surface area contributed by atoms with Crippen molar-refractivity contribution < 1.29 is 14.2 Å². The van der Waals surface area contributed by atoms with E-state index in [1.807, 2.05) is 35.0 Å². The summed E-state index contributed by atoms with van der Waals surface area (Å²) >= 11 is 3.37. The van der Waals surface area contributed by atoms with Gasteiger partial charge >= 0.3 is 0 Å². The van der Waals surface area contributed by atoms with Gasteiger partial charge in [-0.3, -0.25) is 0 Å². The van der Waals surface area contributed by atoms with Crippen molar-refractivity contribution in [2.75, 3.05) is 18.5 Å². The van der Waals surface area contributed by atoms with Crippen molar-refractivity contribution in [2.24, 2.45) is 0 Å². The number of nitrogens with zero attached hydrogens (tertiary/aromatic N) is 2. The molecule has 6 heteroatoms. The zero-order valence-electron chi connectivity index (χ0n) is 10.8. The number of alkyl halides is 1. The van der Waals surface area contributed by atoms with Crippen LogP contribution in [0, 0.1) is 0 Å². The largest absolute Gasteiger partial charge is 0.488 e. The minimum atomic E-state index is -0.286. The molecule has 0 amide bonds. The van der Waals surface area contributed by atoms with E-state index in [1.54, 1.807) is 12.5 Å². The van der Waals surface area contributed by atoms with Crippen LogP contribution in [-0.2, 0) is 9.47 Å². The van der Waals surface area contributed by atoms with Crippen LogP contribution in [0.3, 0.4) is 0 Å². The Morgan fingerprint density at radius 2 is 2.20 bits per heavy atom. The molecule has 2 unspecified atom stereocenters. The molecule has 3 rings (SSSR count). The standard InChI is InChI=1S/C14H15BrN2O3/c15-7-13-8-19-14(20-13)9-18-12-3-1-11(2-4-12)17-6-5-16-10-17/h1-6,10,13-14H,7-9H2. The van der Waals surface area contributed by atoms with Gasteiger partial charge in [0, 0.05) is 23.4 Å². The molecule has 20 heavy (non-hydrogen) atoms. The van der Waals surface area contributed by atoms with E-state index in [4.69, 9.17) is 14.2 Å². The number of benzene rings is 1. The van der Waals surface area contributed by atoms with E-state index in [1.165, 1.54) is 0 Å². The smallest absolute Gasteiger partial charge is 0.192 e. The van der Waals surface area contributed by atoms with Gasteiger partial charge in [-0.25, -0.2) is 4.98 Å². The number of halogens is 1. The van der Waals surface area contributed by atoms with Crippen molar-refractivity contribution in [1.29, 1.82) is 0 Å². The lowest BCUT2D eigenvalue weighted by Gasteiger charge is -2.12. The molecule has 0 N–H and O–H groups in total. The van der Waals surface area contributed by atoms with Gasteiger partial charge in [-0.2, -0.15) is 0 Å². The van der Waals surface area contributed by atoms with Crippen LogP contribution in [-0.4, -0.2) is 40.5 Å². The van der Waals surface area contributed by atoms with Crippen LogP contribution in [0.2, 0.25) is 0 Å². The molecular weight excluding hydrogens is 324 g/mol. The lowest BCUT2D eigenvalue weighted by Crippen LogP contribution is -2.20. The molecule has 1 fully saturated rings. The van der Waals surface area contributed by atoms with Gasteiger partial charge < -0.3 is 18.8 Å². The molecule has 5 nitrogen and oxygen atoms in total. The third-order valence-electron chi connectivity index (χ3n) is 3.01. The predicted octanol–water partition coefficient (Wildman–Crippen LogP) is 2.39. The van der Waals surface area contributed by atoms with E-state index in [0.717, 1.165) is 16.8 Å². The monoisotopic (exact) mass is 338 g/mol. The first kappa shape index (κ1) is 13.6. The van der Waals surface area contributed by atoms with Gasteiger partial charge in [0.25, 0.3) is 0 Å². The zero-order valence-corrected chi connectivity index (χ0v) is 12.4. The Morgan fingerprint density at radius 3 is 2.85 bits per heavy atom. The first-order valence-corrected chi connectivity index (χ1v) is 7.51. The fourth-order valence-electron chi connectivity index (χ4n) is 1.97. The lowest BCUT2D eigenvalue weighted by molar-refractivity contribution is -0.0786. The van der Waals surface area contributed by atoms with Crippen molar-refractivity contribution in [3.05, 3.63) is 43.0 Å². The molecule has 1 aliphatic heterocycles. The van der Waals surface area contributed by atoms with E-state index in [0.29, 0.717) is 13.2 Å². The molecular formula is C14H15BrN2O3. The van der Waals surface area contributed by atoms with E-state index >= 15 is 0 Å². The second-order valence-electron chi connectivity index (χ2n) is 4.45. The van der Waals surface area contributed by atoms with Crippen molar-refractivity contribution in [2.45, 2.75) is 12.4 Å². The Balaban J connectivity index is 1.54. The van der Waals surface area contributed by atoms with Crippen molar-refractivity contribution in [3.63, 3.8) is 0 Å². The summed E-state index contributed by atoms with van der Waals surface area (Å²) in [6.45, 7) is 1.01. The molecule has 2 heterocycles. The first-order valence-electron chi connectivity index (χ1n) is 6.39. The molecule has 0 radical (unpaired) electrons. The Bertz CT molecular complexity index is 530. The average molecular weight is 339 g/mol. The molecule has 1 aliphatic rings. The van der Waals surface area contributed by atoms with Gasteiger partial charge in [-0.1, -0.05) is 15.9 Å². The van der Waals surface area contributed by atoms with Crippen molar-refractivity contribution in [1.82, 2.24) is 9.55 Å². The summed E-state index contributed by atoms with van der Waals surface area (Å²) in [6, 6.07) is 7.81. The number of ether oxygens (including phenoxy) is 3. The van der Waals surface area contributed by atoms with Gasteiger partial charge in [-0.05, 0) is 24.3 Å². The zero-order chi connectivity index (χ0) is 13.8. The molecule has 0 aliphatic carbocycles. The van der Waals surface area contributed by atoms with Gasteiger partial charge in [0.2, 0.25) is 0 Å². The second kappa shape index (κ2) is 6.39. The topological polar surface area (TPSA) is 45.5 Å². The Kier molecular flexibility index (Phi) is 4.34. The van der Waals surface area contributed by atoms with E-state index < -0.39 is 0 Å². The van der Waals surface area contributed by atoms with E-state index in [-0.39, 0.29) is 12.4 Å². The number of imidazole rings is 1. The van der Waals surface area contributed by atoms with Gasteiger partial charge in [0.1, 0.15) is 12.4 Å². The maximum atomic E-state index is 5.66. The number of hydrogen-bond acceptors (Lipinski definition) is 4. The highest BCUT2D eigenvalue weighted by Crippen LogP contribution is 2.18. The van der Waals surface area contributed by atoms with E-state index in [2.05, 4.69) is 20.9 Å². The summed E-state index contributed by atoms with van der Waals surface area (Å²) in [5.74, 6) is 0.795. The van der Waals surface area contributed by atoms with Crippen LogP contribution < -0.4 is 4.74 Å². The van der Waals surface area contributed by atoms with Crippen LogP contribution in [0.5, 0.6) is 5.75 Å². The first-order chi connectivity index (χ1) is 9.85. The quantitative estimate of drug-likeness (QED) is 0.785. The lowest BCUT2D eigenvalue weighted by atomic mass is 10.3. The fourth-order valence-corrected chi connectivity index (χ4v) is 2.31. The van der Waals surface area contributed by atoms with Gasteiger partial charge in [-0.15, -0.1) is 0 Å². The maximum Gasteiger partial charge on any atom is 0.192 e. The Morgan fingerprint density at radius 1 is 1.35 bits per heavy atom. The fraction of sp³-hybridized carbons (Fsp3) is 0.357. The average Bonchev–Trinajstić information content (AvgIpc) is 3.17. The minimum absolute atomic E-state index is 0.118. The number of aromatic nitrogens is 2. The number of rotatable bonds is 5. The summed E-state index contributed by atoms with van der Waals surface area (Å²) < 4.78 is 18.7. The molecule has 0 spiro atoms. The normalized spacial score (nSPS) is 22.1. The molecule has 0 bridgehead atoms. The molecule has 106 valence electrons. The van der Waals surface area contributed by atoms with Crippen LogP contribution in [0.1, 0.15) is 0 Å². The van der Waals surface area contributed by atoms with Crippen LogP contribution in [0.25, 0.3) is 5.69 Å². The maximum absolute atomic E-state index is 5.66. The third kappa shape index (κ3) is 3.20. The number of hydrogen-bond donors (Lipinski definition) is 0. The SMILES string of the molecule is BrCC1COC(COc2ccc(-n3ccnc3)cc2)O1. The summed E-state index contributed by atoms with van der Waals surface area (Å²) in [6.07, 6.45) is 5.24. The minimum Gasteiger partial charge on any atom is -0.488 e. The van der Waals surface area contributed by atoms with Crippen molar-refractivity contribution in [3.8, 4) is 11.4 Å². The Labute approximate surface area is 125 Å². The predicted molar refractivity (Wildman–Crippen MR) is 77.5 cm³/mol. The molecule has 2 aromatic rings. The summed E-state index contributed by atoms with van der Waals surface area (Å²) in [5.41, 5.74) is 1.04. The summed E-state index contributed by atoms with van der Waals surface area (Å²) in [4.78, 5) is 4.02. The highest BCUT2D eigenvalue weighted by atomic mass is 79.9.